The SMILES string of the molecule is COc1ccc(S(=O)(=O)NCCC(=O)NNC(=O)c2cc3c(s2)CCCCC3)cc1. The second kappa shape index (κ2) is 10.1. The Morgan fingerprint density at radius 2 is 1.80 bits per heavy atom. The molecule has 2 aromatic rings. The second-order valence-corrected chi connectivity index (χ2v) is 9.85. The van der Waals surface area contributed by atoms with Gasteiger partial charge in [-0.15, -0.1) is 11.3 Å². The fourth-order valence-corrected chi connectivity index (χ4v) is 5.35. The number of benzene rings is 1. The number of rotatable bonds is 7. The van der Waals surface area contributed by atoms with E-state index < -0.39 is 15.9 Å². The molecule has 1 aromatic heterocycles. The Kier molecular flexibility index (Phi) is 7.46. The molecule has 0 aliphatic heterocycles. The molecule has 0 atom stereocenters. The molecule has 1 aliphatic carbocycles. The van der Waals surface area contributed by atoms with E-state index in [2.05, 4.69) is 15.6 Å². The number of fused-ring (bicyclic) bond motifs is 1. The Labute approximate surface area is 180 Å². The summed E-state index contributed by atoms with van der Waals surface area (Å²) in [6, 6.07) is 7.83. The van der Waals surface area contributed by atoms with Crippen molar-refractivity contribution in [2.45, 2.75) is 43.4 Å². The summed E-state index contributed by atoms with van der Waals surface area (Å²) in [5.41, 5.74) is 5.95. The number of sulfonamides is 1. The molecular formula is C20H25N3O5S2. The minimum absolute atomic E-state index is 0.0782. The van der Waals surface area contributed by atoms with Crippen LogP contribution in [0.25, 0.3) is 0 Å². The number of carbonyl (C=O) groups is 2. The molecule has 1 heterocycles. The van der Waals surface area contributed by atoms with Crippen LogP contribution in [0.5, 0.6) is 5.75 Å². The van der Waals surface area contributed by atoms with Crippen LogP contribution in [0.2, 0.25) is 0 Å². The number of thiophene rings is 1. The first-order valence-electron chi connectivity index (χ1n) is 9.73. The molecule has 1 aliphatic rings. The van der Waals surface area contributed by atoms with Crippen LogP contribution in [0.4, 0.5) is 0 Å². The van der Waals surface area contributed by atoms with Crippen molar-refractivity contribution in [1.82, 2.24) is 15.6 Å². The minimum atomic E-state index is -3.73. The van der Waals surface area contributed by atoms with E-state index in [0.717, 1.165) is 25.7 Å². The highest BCUT2D eigenvalue weighted by molar-refractivity contribution is 7.89. The van der Waals surface area contributed by atoms with Gasteiger partial charge in [0.25, 0.3) is 5.91 Å². The summed E-state index contributed by atoms with van der Waals surface area (Å²) in [6.45, 7) is -0.0939. The highest BCUT2D eigenvalue weighted by atomic mass is 32.2. The Morgan fingerprint density at radius 3 is 2.53 bits per heavy atom. The number of nitrogens with one attached hydrogen (secondary N) is 3. The number of amides is 2. The Balaban J connectivity index is 1.44. The maximum Gasteiger partial charge on any atom is 0.279 e. The van der Waals surface area contributed by atoms with E-state index in [1.165, 1.54) is 47.4 Å². The van der Waals surface area contributed by atoms with Crippen LogP contribution in [-0.4, -0.2) is 33.9 Å². The monoisotopic (exact) mass is 451 g/mol. The second-order valence-electron chi connectivity index (χ2n) is 6.95. The molecule has 8 nitrogen and oxygen atoms in total. The Bertz CT molecular complexity index is 976. The molecule has 0 unspecified atom stereocenters. The van der Waals surface area contributed by atoms with Gasteiger partial charge >= 0.3 is 0 Å². The van der Waals surface area contributed by atoms with E-state index in [1.807, 2.05) is 6.07 Å². The van der Waals surface area contributed by atoms with Gasteiger partial charge in [-0.25, -0.2) is 13.1 Å². The quantitative estimate of drug-likeness (QED) is 0.441. The van der Waals surface area contributed by atoms with Gasteiger partial charge in [-0.05, 0) is 61.6 Å². The molecule has 0 spiro atoms. The minimum Gasteiger partial charge on any atom is -0.497 e. The number of carbonyl (C=O) groups excluding carboxylic acids is 2. The normalized spacial score (nSPS) is 13.8. The maximum absolute atomic E-state index is 12.3. The van der Waals surface area contributed by atoms with Gasteiger partial charge in [0.2, 0.25) is 15.9 Å². The average Bonchev–Trinajstić information content (AvgIpc) is 3.02. The Morgan fingerprint density at radius 1 is 1.07 bits per heavy atom. The van der Waals surface area contributed by atoms with Crippen molar-refractivity contribution in [2.75, 3.05) is 13.7 Å². The zero-order valence-corrected chi connectivity index (χ0v) is 18.3. The smallest absolute Gasteiger partial charge is 0.279 e. The molecule has 0 saturated heterocycles. The third kappa shape index (κ3) is 5.80. The zero-order chi connectivity index (χ0) is 21.6. The van der Waals surface area contributed by atoms with E-state index in [4.69, 9.17) is 4.74 Å². The number of hydrazine groups is 1. The van der Waals surface area contributed by atoms with Gasteiger partial charge in [0, 0.05) is 17.8 Å². The van der Waals surface area contributed by atoms with Gasteiger partial charge in [0.05, 0.1) is 16.9 Å². The van der Waals surface area contributed by atoms with Crippen molar-refractivity contribution in [3.05, 3.63) is 45.6 Å². The van der Waals surface area contributed by atoms with Crippen LogP contribution < -0.4 is 20.3 Å². The lowest BCUT2D eigenvalue weighted by Gasteiger charge is -2.09. The van der Waals surface area contributed by atoms with E-state index in [-0.39, 0.29) is 23.8 Å². The fourth-order valence-electron chi connectivity index (χ4n) is 3.17. The number of ether oxygens (including phenoxy) is 1. The molecule has 10 heteroatoms. The molecule has 3 rings (SSSR count). The first-order chi connectivity index (χ1) is 14.4. The number of methoxy groups -OCH3 is 1. The lowest BCUT2D eigenvalue weighted by Crippen LogP contribution is -2.42. The van der Waals surface area contributed by atoms with Crippen LogP contribution in [-0.2, 0) is 27.7 Å². The summed E-state index contributed by atoms with van der Waals surface area (Å²) in [5, 5.41) is 0. The molecule has 1 aromatic carbocycles. The van der Waals surface area contributed by atoms with Crippen LogP contribution >= 0.6 is 11.3 Å². The maximum atomic E-state index is 12.3. The van der Waals surface area contributed by atoms with Crippen LogP contribution in [0, 0.1) is 0 Å². The van der Waals surface area contributed by atoms with Gasteiger partial charge in [-0.1, -0.05) is 6.42 Å². The summed E-state index contributed by atoms with van der Waals surface area (Å²) < 4.78 is 31.8. The summed E-state index contributed by atoms with van der Waals surface area (Å²) >= 11 is 1.47. The first kappa shape index (κ1) is 22.3. The lowest BCUT2D eigenvalue weighted by molar-refractivity contribution is -0.121. The van der Waals surface area contributed by atoms with Crippen molar-refractivity contribution in [1.29, 1.82) is 0 Å². The molecule has 162 valence electrons. The zero-order valence-electron chi connectivity index (χ0n) is 16.7. The summed E-state index contributed by atoms with van der Waals surface area (Å²) in [4.78, 5) is 26.1. The highest BCUT2D eigenvalue weighted by Crippen LogP contribution is 2.28. The van der Waals surface area contributed by atoms with Crippen LogP contribution in [0.1, 0.15) is 45.8 Å². The third-order valence-electron chi connectivity index (χ3n) is 4.80. The van der Waals surface area contributed by atoms with Crippen LogP contribution in [0.15, 0.2) is 35.2 Å². The molecule has 0 radical (unpaired) electrons. The molecule has 30 heavy (non-hydrogen) atoms. The lowest BCUT2D eigenvalue weighted by atomic mass is 10.1. The molecule has 0 bridgehead atoms. The van der Waals surface area contributed by atoms with Crippen molar-refractivity contribution in [2.24, 2.45) is 0 Å². The van der Waals surface area contributed by atoms with E-state index in [9.17, 15) is 18.0 Å². The summed E-state index contributed by atoms with van der Waals surface area (Å²) in [5.74, 6) is -0.301. The summed E-state index contributed by atoms with van der Waals surface area (Å²) in [7, 11) is -2.24. The number of hydrogen-bond donors (Lipinski definition) is 3. The average molecular weight is 452 g/mol. The van der Waals surface area contributed by atoms with Gasteiger partial charge in [-0.3, -0.25) is 20.4 Å². The van der Waals surface area contributed by atoms with Crippen molar-refractivity contribution in [3.63, 3.8) is 0 Å². The standard InChI is InChI=1S/C20H25N3O5S2/c1-28-15-7-9-16(10-8-15)30(26,27)21-12-11-19(24)22-23-20(25)18-13-14-5-3-2-4-6-17(14)29-18/h7-10,13,21H,2-6,11-12H2,1H3,(H,22,24)(H,23,25). The molecule has 0 saturated carbocycles. The van der Waals surface area contributed by atoms with E-state index >= 15 is 0 Å². The van der Waals surface area contributed by atoms with E-state index in [1.54, 1.807) is 12.1 Å². The number of aryl methyl sites for hydroxylation is 2. The first-order valence-corrected chi connectivity index (χ1v) is 12.0. The van der Waals surface area contributed by atoms with Gasteiger partial charge in [0.1, 0.15) is 5.75 Å². The Hall–Kier alpha value is -2.43. The molecule has 2 amide bonds. The predicted molar refractivity (Wildman–Crippen MR) is 114 cm³/mol. The third-order valence-corrected chi connectivity index (χ3v) is 7.51. The predicted octanol–water partition coefficient (Wildman–Crippen LogP) is 2.16. The largest absolute Gasteiger partial charge is 0.497 e. The van der Waals surface area contributed by atoms with E-state index in [0.29, 0.717) is 10.6 Å². The molecule has 0 fully saturated rings. The van der Waals surface area contributed by atoms with Gasteiger partial charge in [-0.2, -0.15) is 0 Å². The number of hydrogen-bond acceptors (Lipinski definition) is 6. The topological polar surface area (TPSA) is 114 Å². The van der Waals surface area contributed by atoms with Crippen molar-refractivity contribution >= 4 is 33.2 Å². The highest BCUT2D eigenvalue weighted by Gasteiger charge is 2.17. The van der Waals surface area contributed by atoms with Gasteiger partial charge in [0.15, 0.2) is 0 Å². The molecular weight excluding hydrogens is 426 g/mol. The summed E-state index contributed by atoms with van der Waals surface area (Å²) in [6.07, 6.45) is 5.34. The van der Waals surface area contributed by atoms with Crippen molar-refractivity contribution < 1.29 is 22.7 Å². The van der Waals surface area contributed by atoms with Crippen molar-refractivity contribution in [3.8, 4) is 5.75 Å². The fraction of sp³-hybridized carbons (Fsp3) is 0.400. The van der Waals surface area contributed by atoms with Gasteiger partial charge < -0.3 is 4.74 Å². The molecule has 3 N–H and O–H groups in total. The van der Waals surface area contributed by atoms with Crippen LogP contribution in [0.3, 0.4) is 0 Å².